The fraction of sp³-hybridized carbons (Fsp3) is 0.409. The van der Waals surface area contributed by atoms with E-state index < -0.39 is 10.0 Å². The number of hydrogen-bond acceptors (Lipinski definition) is 4. The number of methoxy groups -OCH3 is 1. The molecule has 0 aliphatic heterocycles. The minimum atomic E-state index is -3.81. The first kappa shape index (κ1) is 19.8. The van der Waals surface area contributed by atoms with E-state index in [-0.39, 0.29) is 10.8 Å². The molecule has 3 atom stereocenters. The molecule has 2 aromatic rings. The number of fused-ring (bicyclic) bond motifs is 2. The van der Waals surface area contributed by atoms with Gasteiger partial charge >= 0.3 is 0 Å². The van der Waals surface area contributed by atoms with Crippen molar-refractivity contribution in [3.63, 3.8) is 0 Å². The number of benzene rings is 2. The van der Waals surface area contributed by atoms with Crippen molar-refractivity contribution in [2.45, 2.75) is 37.0 Å². The van der Waals surface area contributed by atoms with Gasteiger partial charge < -0.3 is 10.1 Å². The Balaban J connectivity index is 1.44. The molecule has 0 radical (unpaired) electrons. The van der Waals surface area contributed by atoms with Gasteiger partial charge in [0.2, 0.25) is 5.91 Å². The lowest BCUT2D eigenvalue weighted by Crippen LogP contribution is -2.20. The Hall–Kier alpha value is -2.54. The molecular formula is C22H26N2O4S. The molecule has 1 amide bonds. The van der Waals surface area contributed by atoms with Crippen molar-refractivity contribution in [2.75, 3.05) is 17.1 Å². The number of ether oxygens (including phenoxy) is 1. The van der Waals surface area contributed by atoms with E-state index in [9.17, 15) is 13.2 Å². The summed E-state index contributed by atoms with van der Waals surface area (Å²) in [5.74, 6) is 2.34. The summed E-state index contributed by atoms with van der Waals surface area (Å²) in [6, 6.07) is 13.1. The van der Waals surface area contributed by atoms with Gasteiger partial charge in [-0.05, 0) is 67.3 Å². The van der Waals surface area contributed by atoms with Crippen LogP contribution in [-0.4, -0.2) is 21.4 Å². The van der Waals surface area contributed by atoms with Gasteiger partial charge in [0.15, 0.2) is 0 Å². The highest BCUT2D eigenvalue weighted by molar-refractivity contribution is 7.92. The smallest absolute Gasteiger partial charge is 0.262 e. The molecule has 2 fully saturated rings. The van der Waals surface area contributed by atoms with Crippen molar-refractivity contribution in [3.8, 4) is 5.75 Å². The first-order valence-electron chi connectivity index (χ1n) is 10.0. The van der Waals surface area contributed by atoms with Gasteiger partial charge in [0.25, 0.3) is 10.0 Å². The number of anilines is 2. The van der Waals surface area contributed by atoms with Gasteiger partial charge in [0.1, 0.15) is 5.75 Å². The van der Waals surface area contributed by atoms with Gasteiger partial charge in [-0.15, -0.1) is 0 Å². The summed E-state index contributed by atoms with van der Waals surface area (Å²) in [5.41, 5.74) is 0.849. The number of carbonyl (C=O) groups excluding carboxylic acids is 1. The third kappa shape index (κ3) is 4.40. The first-order valence-corrected chi connectivity index (χ1v) is 11.5. The van der Waals surface area contributed by atoms with Crippen LogP contribution in [0.25, 0.3) is 0 Å². The van der Waals surface area contributed by atoms with Gasteiger partial charge in [-0.1, -0.05) is 24.6 Å². The maximum atomic E-state index is 12.8. The van der Waals surface area contributed by atoms with Crippen LogP contribution in [0.1, 0.15) is 32.1 Å². The van der Waals surface area contributed by atoms with Crippen LogP contribution in [0.4, 0.5) is 11.4 Å². The second-order valence-electron chi connectivity index (χ2n) is 8.02. The molecule has 2 aromatic carbocycles. The zero-order chi connectivity index (χ0) is 20.4. The maximum Gasteiger partial charge on any atom is 0.262 e. The molecule has 2 bridgehead atoms. The fourth-order valence-corrected chi connectivity index (χ4v) is 5.87. The van der Waals surface area contributed by atoms with E-state index in [0.717, 1.165) is 12.3 Å². The molecule has 0 unspecified atom stereocenters. The highest BCUT2D eigenvalue weighted by atomic mass is 32.2. The molecule has 2 aliphatic rings. The van der Waals surface area contributed by atoms with Crippen molar-refractivity contribution in [2.24, 2.45) is 17.8 Å². The molecule has 0 aromatic heterocycles. The van der Waals surface area contributed by atoms with Gasteiger partial charge in [0, 0.05) is 12.1 Å². The van der Waals surface area contributed by atoms with E-state index in [1.165, 1.54) is 38.5 Å². The lowest BCUT2D eigenvalue weighted by Gasteiger charge is -2.21. The Morgan fingerprint density at radius 3 is 2.66 bits per heavy atom. The highest BCUT2D eigenvalue weighted by Crippen LogP contribution is 2.49. The Kier molecular flexibility index (Phi) is 5.50. The van der Waals surface area contributed by atoms with E-state index in [0.29, 0.717) is 35.4 Å². The van der Waals surface area contributed by atoms with Gasteiger partial charge in [0.05, 0.1) is 17.7 Å². The second kappa shape index (κ2) is 8.06. The third-order valence-electron chi connectivity index (χ3n) is 6.11. The highest BCUT2D eigenvalue weighted by Gasteiger charge is 2.40. The summed E-state index contributed by atoms with van der Waals surface area (Å²) in [6.45, 7) is 0. The number of sulfonamides is 1. The van der Waals surface area contributed by atoms with E-state index in [1.54, 1.807) is 36.4 Å². The van der Waals surface area contributed by atoms with Gasteiger partial charge in [-0.25, -0.2) is 8.42 Å². The topological polar surface area (TPSA) is 84.5 Å². The number of nitrogens with one attached hydrogen (secondary N) is 2. The SMILES string of the molecule is COc1ccccc1NS(=O)(=O)c1cccc(NC(=O)C[C@@H]2C[C@H]3CC[C@@H]2C3)c1. The predicted octanol–water partition coefficient (Wildman–Crippen LogP) is 4.26. The zero-order valence-electron chi connectivity index (χ0n) is 16.4. The summed E-state index contributed by atoms with van der Waals surface area (Å²) >= 11 is 0. The number of rotatable bonds is 7. The fourth-order valence-electron chi connectivity index (χ4n) is 4.75. The average Bonchev–Trinajstić information content (AvgIpc) is 3.31. The molecular weight excluding hydrogens is 388 g/mol. The first-order chi connectivity index (χ1) is 13.9. The summed E-state index contributed by atoms with van der Waals surface area (Å²) < 4.78 is 33.3. The molecule has 2 aliphatic carbocycles. The van der Waals surface area contributed by atoms with Gasteiger partial charge in [-0.2, -0.15) is 0 Å². The van der Waals surface area contributed by atoms with Crippen LogP contribution >= 0.6 is 0 Å². The van der Waals surface area contributed by atoms with Crippen LogP contribution in [0.5, 0.6) is 5.75 Å². The van der Waals surface area contributed by atoms with Gasteiger partial charge in [-0.3, -0.25) is 9.52 Å². The summed E-state index contributed by atoms with van der Waals surface area (Å²) in [4.78, 5) is 12.6. The normalized spacial score (nSPS) is 23.0. The largest absolute Gasteiger partial charge is 0.495 e. The minimum absolute atomic E-state index is 0.0465. The van der Waals surface area contributed by atoms with E-state index >= 15 is 0 Å². The summed E-state index contributed by atoms with van der Waals surface area (Å²) in [7, 11) is -2.33. The van der Waals surface area contributed by atoms with Crippen LogP contribution in [-0.2, 0) is 14.8 Å². The molecule has 2 saturated carbocycles. The van der Waals surface area contributed by atoms with Crippen molar-refractivity contribution in [3.05, 3.63) is 48.5 Å². The molecule has 7 heteroatoms. The predicted molar refractivity (Wildman–Crippen MR) is 112 cm³/mol. The van der Waals surface area contributed by atoms with Crippen LogP contribution in [0.2, 0.25) is 0 Å². The summed E-state index contributed by atoms with van der Waals surface area (Å²) in [6.07, 6.45) is 5.47. The molecule has 154 valence electrons. The lowest BCUT2D eigenvalue weighted by atomic mass is 9.86. The number of carbonyl (C=O) groups is 1. The van der Waals surface area contributed by atoms with Crippen LogP contribution in [0.3, 0.4) is 0 Å². The third-order valence-corrected chi connectivity index (χ3v) is 7.47. The van der Waals surface area contributed by atoms with E-state index in [2.05, 4.69) is 10.0 Å². The Morgan fingerprint density at radius 1 is 1.10 bits per heavy atom. The average molecular weight is 415 g/mol. The van der Waals surface area contributed by atoms with Crippen molar-refractivity contribution < 1.29 is 17.9 Å². The number of hydrogen-bond donors (Lipinski definition) is 2. The Bertz CT molecular complexity index is 1010. The molecule has 4 rings (SSSR count). The lowest BCUT2D eigenvalue weighted by molar-refractivity contribution is -0.117. The molecule has 2 N–H and O–H groups in total. The Labute approximate surface area is 171 Å². The van der Waals surface area contributed by atoms with Crippen molar-refractivity contribution in [1.82, 2.24) is 0 Å². The monoisotopic (exact) mass is 414 g/mol. The standard InChI is InChI=1S/C22H26N2O4S/c1-28-21-8-3-2-7-20(21)24-29(26,27)19-6-4-5-18(14-19)23-22(25)13-17-12-15-9-10-16(17)11-15/h2-8,14-17,24H,9-13H2,1H3,(H,23,25)/t15-,16+,17-/m0/s1. The summed E-state index contributed by atoms with van der Waals surface area (Å²) in [5, 5.41) is 2.87. The van der Waals surface area contributed by atoms with E-state index in [1.807, 2.05) is 0 Å². The quantitative estimate of drug-likeness (QED) is 0.709. The molecule has 0 saturated heterocycles. The number of amides is 1. The zero-order valence-corrected chi connectivity index (χ0v) is 17.2. The molecule has 0 spiro atoms. The number of para-hydroxylation sites is 2. The van der Waals surface area contributed by atoms with Crippen LogP contribution in [0, 0.1) is 17.8 Å². The molecule has 29 heavy (non-hydrogen) atoms. The molecule has 0 heterocycles. The van der Waals surface area contributed by atoms with Crippen molar-refractivity contribution in [1.29, 1.82) is 0 Å². The van der Waals surface area contributed by atoms with Crippen LogP contribution in [0.15, 0.2) is 53.4 Å². The minimum Gasteiger partial charge on any atom is -0.495 e. The van der Waals surface area contributed by atoms with Crippen LogP contribution < -0.4 is 14.8 Å². The molecule has 6 nitrogen and oxygen atoms in total. The maximum absolute atomic E-state index is 12.8. The Morgan fingerprint density at radius 2 is 1.93 bits per heavy atom. The second-order valence-corrected chi connectivity index (χ2v) is 9.70. The van der Waals surface area contributed by atoms with E-state index in [4.69, 9.17) is 4.74 Å². The van der Waals surface area contributed by atoms with Crippen molar-refractivity contribution >= 4 is 27.3 Å².